The maximum absolute atomic E-state index is 3.50. The third kappa shape index (κ3) is 60.6. The first-order chi connectivity index (χ1) is 5.33. The smallest absolute Gasteiger partial charge is 0.668 e. The fourth-order valence-electron chi connectivity index (χ4n) is 0.156. The van der Waals surface area contributed by atoms with Crippen LogP contribution in [0.25, 0.3) is 10.6 Å². The molecule has 0 fully saturated rings. The molecule has 0 radical (unpaired) electrons. The van der Waals surface area contributed by atoms with E-state index in [0.717, 1.165) is 0 Å². The molecule has 0 aromatic rings. The molecule has 3 heteroatoms. The van der Waals surface area contributed by atoms with Crippen LogP contribution in [0.3, 0.4) is 0 Å². The molecular formula is C11H18N2Zr. The van der Waals surface area contributed by atoms with Gasteiger partial charge >= 0.3 is 26.2 Å². The summed E-state index contributed by atoms with van der Waals surface area (Å²) in [5.41, 5.74) is 12.5. The van der Waals surface area contributed by atoms with Crippen molar-refractivity contribution in [2.75, 3.05) is 28.2 Å². The van der Waals surface area contributed by atoms with Gasteiger partial charge in [0.2, 0.25) is 0 Å². The van der Waals surface area contributed by atoms with Crippen LogP contribution in [0.1, 0.15) is 0 Å². The zero-order valence-corrected chi connectivity index (χ0v) is 12.4. The normalized spacial score (nSPS) is 5.43. The van der Waals surface area contributed by atoms with E-state index in [-0.39, 0.29) is 41.1 Å². The second-order valence-electron chi connectivity index (χ2n) is 1.52. The maximum atomic E-state index is 3.50. The van der Waals surface area contributed by atoms with Gasteiger partial charge in [-0.05, 0) is 0 Å². The first-order valence-corrected chi connectivity index (χ1v) is 3.04. The van der Waals surface area contributed by atoms with E-state index in [1.807, 2.05) is 0 Å². The van der Waals surface area contributed by atoms with Crippen LogP contribution in [-0.4, -0.2) is 28.2 Å². The van der Waals surface area contributed by atoms with Crippen LogP contribution in [0.15, 0.2) is 28.7 Å². The Hall–Kier alpha value is -0.297. The molecule has 76 valence electrons. The summed E-state index contributed by atoms with van der Waals surface area (Å²) in [6, 6.07) is 0. The molecule has 0 aromatic carbocycles. The van der Waals surface area contributed by atoms with Crippen molar-refractivity contribution in [1.29, 1.82) is 0 Å². The van der Waals surface area contributed by atoms with Crippen LogP contribution in [0.2, 0.25) is 0 Å². The van der Waals surface area contributed by atoms with Crippen LogP contribution in [0.5, 0.6) is 0 Å². The van der Waals surface area contributed by atoms with Crippen molar-refractivity contribution >= 4 is 0 Å². The minimum Gasteiger partial charge on any atom is -0.668 e. The first kappa shape index (κ1) is 29.2. The van der Waals surface area contributed by atoms with Crippen molar-refractivity contribution in [3.63, 3.8) is 0 Å². The molecule has 2 nitrogen and oxygen atoms in total. The molecule has 0 spiro atoms. The second-order valence-corrected chi connectivity index (χ2v) is 1.52. The van der Waals surface area contributed by atoms with Gasteiger partial charge in [0.05, 0.1) is 0 Å². The largest absolute Gasteiger partial charge is 4.00 e. The standard InChI is InChI=1S/C5.2C2H6N.2CH3.Zr/c1-2-4-5-3-1;2*1-3-2;;;/h;2*1-2H3;2*1H3;/q;4*-1;+4. The molecule has 1 rings (SSSR count). The van der Waals surface area contributed by atoms with Gasteiger partial charge in [-0.25, -0.2) is 0 Å². The van der Waals surface area contributed by atoms with Gasteiger partial charge < -0.3 is 25.5 Å². The van der Waals surface area contributed by atoms with E-state index in [2.05, 4.69) is 39.3 Å². The topological polar surface area (TPSA) is 28.2 Å². The predicted molar refractivity (Wildman–Crippen MR) is 60.8 cm³/mol. The summed E-state index contributed by atoms with van der Waals surface area (Å²) in [4.78, 5) is 0. The quantitative estimate of drug-likeness (QED) is 0.512. The summed E-state index contributed by atoms with van der Waals surface area (Å²) in [6.45, 7) is 0. The fourth-order valence-corrected chi connectivity index (χ4v) is 0.156. The molecule has 0 atom stereocenters. The van der Waals surface area contributed by atoms with Gasteiger partial charge in [0.1, 0.15) is 0 Å². The van der Waals surface area contributed by atoms with Crippen molar-refractivity contribution < 1.29 is 26.2 Å². The van der Waals surface area contributed by atoms with E-state index in [1.165, 1.54) is 0 Å². The Balaban J connectivity index is -0.0000000276. The van der Waals surface area contributed by atoms with E-state index < -0.39 is 0 Å². The van der Waals surface area contributed by atoms with E-state index in [4.69, 9.17) is 0 Å². The Bertz CT molecular complexity index is 170. The van der Waals surface area contributed by atoms with Crippen molar-refractivity contribution in [2.45, 2.75) is 0 Å². The zero-order chi connectivity index (χ0) is 8.95. The molecule has 0 heterocycles. The number of rotatable bonds is 0. The van der Waals surface area contributed by atoms with Crippen molar-refractivity contribution in [1.82, 2.24) is 0 Å². The van der Waals surface area contributed by atoms with Gasteiger partial charge in [0.25, 0.3) is 0 Å². The average molecular weight is 270 g/mol. The summed E-state index contributed by atoms with van der Waals surface area (Å²) in [5, 5.41) is 7.00. The SMILES string of the molecule is C1=C=C=C=C=1.C[N-]C.C[N-]C.[CH3-].[CH3-].[Zr+4]. The van der Waals surface area contributed by atoms with Crippen LogP contribution in [-0.2, 0) is 26.2 Å². The van der Waals surface area contributed by atoms with E-state index in [1.54, 1.807) is 28.2 Å². The molecule has 0 unspecified atom stereocenters. The molecule has 0 saturated heterocycles. The van der Waals surface area contributed by atoms with Crippen LogP contribution in [0, 0.1) is 14.9 Å². The third-order valence-corrected chi connectivity index (χ3v) is 0.312. The fraction of sp³-hybridized carbons (Fsp3) is 0.364. The van der Waals surface area contributed by atoms with Gasteiger partial charge in [-0.3, -0.25) is 0 Å². The summed E-state index contributed by atoms with van der Waals surface area (Å²) in [5.74, 6) is 0. The Labute approximate surface area is 108 Å². The van der Waals surface area contributed by atoms with Gasteiger partial charge in [-0.15, -0.1) is 0 Å². The first-order valence-electron chi connectivity index (χ1n) is 3.04. The van der Waals surface area contributed by atoms with Crippen LogP contribution < -0.4 is 0 Å². The predicted octanol–water partition coefficient (Wildman–Crippen LogP) is 2.91. The molecule has 0 bridgehead atoms. The van der Waals surface area contributed by atoms with Gasteiger partial charge in [-0.1, -0.05) is 0 Å². The Morgan fingerprint density at radius 3 is 0.714 bits per heavy atom. The minimum atomic E-state index is 0. The molecule has 0 amide bonds. The molecule has 0 aromatic heterocycles. The number of hydrogen-bond donors (Lipinski definition) is 0. The molecule has 1 aliphatic carbocycles. The van der Waals surface area contributed by atoms with Gasteiger partial charge in [-0.2, -0.15) is 28.2 Å². The third-order valence-electron chi connectivity index (χ3n) is 0.312. The van der Waals surface area contributed by atoms with Crippen molar-refractivity contribution in [3.05, 3.63) is 54.1 Å². The van der Waals surface area contributed by atoms with Crippen LogP contribution in [0.4, 0.5) is 0 Å². The van der Waals surface area contributed by atoms with E-state index in [0.29, 0.717) is 0 Å². The monoisotopic (exact) mass is 268 g/mol. The zero-order valence-electron chi connectivity index (χ0n) is 9.89. The maximum Gasteiger partial charge on any atom is 4.00 e. The Morgan fingerprint density at radius 1 is 0.571 bits per heavy atom. The average Bonchev–Trinajstić information content (AvgIpc) is 2.44. The second kappa shape index (κ2) is 38.7. The van der Waals surface area contributed by atoms with Crippen molar-refractivity contribution in [3.8, 4) is 0 Å². The molecule has 14 heavy (non-hydrogen) atoms. The Kier molecular flexibility index (Phi) is 80.7. The van der Waals surface area contributed by atoms with Crippen molar-refractivity contribution in [2.24, 2.45) is 0 Å². The summed E-state index contributed by atoms with van der Waals surface area (Å²) in [6.07, 6.45) is 0. The molecule has 0 N–H and O–H groups in total. The number of hydrogen-bond acceptors (Lipinski definition) is 0. The van der Waals surface area contributed by atoms with E-state index in [9.17, 15) is 0 Å². The van der Waals surface area contributed by atoms with Crippen LogP contribution >= 0.6 is 0 Å². The molecular weight excluding hydrogens is 251 g/mol. The molecule has 0 aliphatic heterocycles. The summed E-state index contributed by atoms with van der Waals surface area (Å²) in [7, 11) is 7.00. The molecule has 1 aliphatic rings. The minimum absolute atomic E-state index is 0. The van der Waals surface area contributed by atoms with E-state index >= 15 is 0 Å². The Morgan fingerprint density at radius 2 is 0.643 bits per heavy atom. The summed E-state index contributed by atoms with van der Waals surface area (Å²) < 4.78 is 0. The van der Waals surface area contributed by atoms with Gasteiger partial charge in [0.15, 0.2) is 0 Å². The number of nitrogens with zero attached hydrogens (tertiary/aromatic N) is 2. The van der Waals surface area contributed by atoms with Gasteiger partial charge in [0, 0.05) is 28.7 Å². The molecule has 0 saturated carbocycles. The summed E-state index contributed by atoms with van der Waals surface area (Å²) >= 11 is 0.